The molecule has 2 unspecified atom stereocenters. The Balaban J connectivity index is 1.66. The van der Waals surface area contributed by atoms with Crippen molar-refractivity contribution in [3.63, 3.8) is 0 Å². The van der Waals surface area contributed by atoms with E-state index < -0.39 is 0 Å². The maximum Gasteiger partial charge on any atom is 0.255 e. The summed E-state index contributed by atoms with van der Waals surface area (Å²) in [5.41, 5.74) is 1.83. The smallest absolute Gasteiger partial charge is 0.255 e. The second kappa shape index (κ2) is 10.3. The third kappa shape index (κ3) is 5.08. The van der Waals surface area contributed by atoms with Crippen LogP contribution in [0.3, 0.4) is 0 Å². The number of piperidine rings is 1. The lowest BCUT2D eigenvalue weighted by atomic mass is 9.73. The van der Waals surface area contributed by atoms with Crippen LogP contribution in [-0.4, -0.2) is 43.6 Å². The molecule has 0 aromatic heterocycles. The number of hydrogen-bond acceptors (Lipinski definition) is 3. The quantitative estimate of drug-likeness (QED) is 0.706. The molecule has 0 spiro atoms. The van der Waals surface area contributed by atoms with Gasteiger partial charge in [-0.15, -0.1) is 0 Å². The number of nitrogens with one attached hydrogen (secondary N) is 1. The second-order valence-electron chi connectivity index (χ2n) is 8.64. The minimum absolute atomic E-state index is 0.00615. The number of hydrogen-bond donors (Lipinski definition) is 1. The number of carbonyl (C=O) groups is 1. The summed E-state index contributed by atoms with van der Waals surface area (Å²) in [5, 5.41) is 3.24. The minimum Gasteiger partial charge on any atom is -0.496 e. The summed E-state index contributed by atoms with van der Waals surface area (Å²) in [5.74, 6) is 2.38. The molecule has 1 aromatic rings. The monoisotopic (exact) mass is 386 g/mol. The molecule has 0 radical (unpaired) electrons. The average Bonchev–Trinajstić information content (AvgIpc) is 2.75. The fraction of sp³-hybridized carbons (Fsp3) is 0.708. The van der Waals surface area contributed by atoms with E-state index in [9.17, 15) is 4.79 Å². The van der Waals surface area contributed by atoms with Gasteiger partial charge in [-0.2, -0.15) is 0 Å². The summed E-state index contributed by atoms with van der Waals surface area (Å²) >= 11 is 0. The third-order valence-corrected chi connectivity index (χ3v) is 6.84. The molecular weight excluding hydrogens is 348 g/mol. The van der Waals surface area contributed by atoms with E-state index in [1.165, 1.54) is 57.1 Å². The van der Waals surface area contributed by atoms with Crippen molar-refractivity contribution in [1.29, 1.82) is 0 Å². The molecule has 4 heteroatoms. The van der Waals surface area contributed by atoms with Crippen LogP contribution in [0.15, 0.2) is 18.2 Å². The molecule has 4 nitrogen and oxygen atoms in total. The van der Waals surface area contributed by atoms with Gasteiger partial charge in [-0.3, -0.25) is 9.69 Å². The van der Waals surface area contributed by atoms with Crippen LogP contribution in [-0.2, 0) is 6.42 Å². The lowest BCUT2D eigenvalue weighted by molar-refractivity contribution is 0.0370. The third-order valence-electron chi connectivity index (χ3n) is 6.84. The van der Waals surface area contributed by atoms with Crippen LogP contribution >= 0.6 is 0 Å². The van der Waals surface area contributed by atoms with Crippen molar-refractivity contribution in [2.24, 2.45) is 11.8 Å². The molecule has 1 N–H and O–H groups in total. The summed E-state index contributed by atoms with van der Waals surface area (Å²) in [7, 11) is 1.63. The first-order chi connectivity index (χ1) is 13.7. The van der Waals surface area contributed by atoms with Crippen molar-refractivity contribution in [1.82, 2.24) is 10.2 Å². The van der Waals surface area contributed by atoms with Gasteiger partial charge in [0.25, 0.3) is 5.91 Å². The highest BCUT2D eigenvalue weighted by atomic mass is 16.5. The number of aryl methyl sites for hydroxylation is 1. The lowest BCUT2D eigenvalue weighted by Gasteiger charge is -2.46. The molecule has 2 aliphatic rings. The zero-order valence-corrected chi connectivity index (χ0v) is 18.0. The van der Waals surface area contributed by atoms with Gasteiger partial charge in [0.1, 0.15) is 5.75 Å². The molecule has 3 rings (SSSR count). The SMILES string of the molecule is CCCCN1CC2CCCCC2C[C@H]1CNC(=O)c1cc(CC)ccc1OC. The number of amides is 1. The summed E-state index contributed by atoms with van der Waals surface area (Å²) in [6.07, 6.45) is 10.2. The second-order valence-corrected chi connectivity index (χ2v) is 8.64. The number of ether oxygens (including phenoxy) is 1. The number of nitrogens with zero attached hydrogens (tertiary/aromatic N) is 1. The molecule has 1 amide bonds. The van der Waals surface area contributed by atoms with Gasteiger partial charge in [0.05, 0.1) is 12.7 Å². The zero-order valence-electron chi connectivity index (χ0n) is 18.0. The van der Waals surface area contributed by atoms with Crippen LogP contribution in [0.2, 0.25) is 0 Å². The Hall–Kier alpha value is -1.55. The van der Waals surface area contributed by atoms with Gasteiger partial charge in [0.15, 0.2) is 0 Å². The molecule has 2 fully saturated rings. The van der Waals surface area contributed by atoms with Crippen molar-refractivity contribution >= 4 is 5.91 Å². The van der Waals surface area contributed by atoms with Crippen molar-refractivity contribution in [3.8, 4) is 5.75 Å². The van der Waals surface area contributed by atoms with Gasteiger partial charge < -0.3 is 10.1 Å². The molecule has 1 saturated heterocycles. The Kier molecular flexibility index (Phi) is 7.78. The highest BCUT2D eigenvalue weighted by Gasteiger charge is 2.36. The van der Waals surface area contributed by atoms with E-state index in [2.05, 4.69) is 24.1 Å². The topological polar surface area (TPSA) is 41.6 Å². The number of likely N-dealkylation sites (tertiary alicyclic amines) is 1. The van der Waals surface area contributed by atoms with Crippen molar-refractivity contribution in [2.45, 2.75) is 71.3 Å². The number of unbranched alkanes of at least 4 members (excludes halogenated alkanes) is 1. The standard InChI is InChI=1S/C24H38N2O2/c1-4-6-13-26-17-20-10-8-7-9-19(20)15-21(26)16-25-24(27)22-14-18(5-2)11-12-23(22)28-3/h11-12,14,19-21H,4-10,13,15-17H2,1-3H3,(H,25,27)/t19?,20?,21-/m0/s1. The van der Waals surface area contributed by atoms with Crippen LogP contribution in [0.1, 0.15) is 74.7 Å². The predicted octanol–water partition coefficient (Wildman–Crippen LogP) is 4.67. The van der Waals surface area contributed by atoms with Crippen molar-refractivity contribution < 1.29 is 9.53 Å². The summed E-state index contributed by atoms with van der Waals surface area (Å²) in [4.78, 5) is 15.6. The highest BCUT2D eigenvalue weighted by Crippen LogP contribution is 2.38. The number of benzene rings is 1. The molecule has 156 valence electrons. The van der Waals surface area contributed by atoms with E-state index in [1.807, 2.05) is 18.2 Å². The van der Waals surface area contributed by atoms with E-state index in [0.717, 1.165) is 31.3 Å². The Morgan fingerprint density at radius 1 is 1.21 bits per heavy atom. The van der Waals surface area contributed by atoms with E-state index in [0.29, 0.717) is 17.4 Å². The van der Waals surface area contributed by atoms with Crippen LogP contribution in [0.5, 0.6) is 5.75 Å². The van der Waals surface area contributed by atoms with Crippen LogP contribution in [0.4, 0.5) is 0 Å². The van der Waals surface area contributed by atoms with Crippen LogP contribution in [0.25, 0.3) is 0 Å². The predicted molar refractivity (Wildman–Crippen MR) is 115 cm³/mol. The maximum atomic E-state index is 12.9. The molecule has 3 atom stereocenters. The summed E-state index contributed by atoms with van der Waals surface area (Å²) < 4.78 is 5.43. The van der Waals surface area contributed by atoms with E-state index in [-0.39, 0.29) is 5.91 Å². The molecule has 1 aliphatic heterocycles. The van der Waals surface area contributed by atoms with Crippen LogP contribution < -0.4 is 10.1 Å². The first-order valence-electron chi connectivity index (χ1n) is 11.3. The molecule has 1 heterocycles. The van der Waals surface area contributed by atoms with Gasteiger partial charge in [-0.05, 0) is 61.8 Å². The molecular formula is C24H38N2O2. The van der Waals surface area contributed by atoms with E-state index >= 15 is 0 Å². The fourth-order valence-electron chi connectivity index (χ4n) is 5.09. The maximum absolute atomic E-state index is 12.9. The normalized spacial score (nSPS) is 25.2. The first-order valence-corrected chi connectivity index (χ1v) is 11.3. The fourth-order valence-corrected chi connectivity index (χ4v) is 5.09. The molecule has 1 aliphatic carbocycles. The summed E-state index contributed by atoms with van der Waals surface area (Å²) in [6, 6.07) is 6.39. The minimum atomic E-state index is -0.00615. The molecule has 1 aromatic carbocycles. The van der Waals surface area contributed by atoms with E-state index in [4.69, 9.17) is 4.74 Å². The lowest BCUT2D eigenvalue weighted by Crippen LogP contribution is -2.52. The molecule has 1 saturated carbocycles. The van der Waals surface area contributed by atoms with Crippen LogP contribution in [0, 0.1) is 11.8 Å². The summed E-state index contributed by atoms with van der Waals surface area (Å²) in [6.45, 7) is 7.49. The average molecular weight is 387 g/mol. The number of carbonyl (C=O) groups excluding carboxylic acids is 1. The Labute approximate surface area is 171 Å². The Morgan fingerprint density at radius 2 is 2.00 bits per heavy atom. The van der Waals surface area contributed by atoms with Gasteiger partial charge in [-0.25, -0.2) is 0 Å². The van der Waals surface area contributed by atoms with Gasteiger partial charge in [0, 0.05) is 19.1 Å². The van der Waals surface area contributed by atoms with Gasteiger partial charge >= 0.3 is 0 Å². The largest absolute Gasteiger partial charge is 0.496 e. The Bertz CT molecular complexity index is 645. The number of methoxy groups -OCH3 is 1. The molecule has 28 heavy (non-hydrogen) atoms. The molecule has 0 bridgehead atoms. The number of rotatable bonds is 8. The van der Waals surface area contributed by atoms with Gasteiger partial charge in [0.2, 0.25) is 0 Å². The first kappa shape index (κ1) is 21.2. The van der Waals surface area contributed by atoms with Crippen molar-refractivity contribution in [3.05, 3.63) is 29.3 Å². The van der Waals surface area contributed by atoms with E-state index in [1.54, 1.807) is 7.11 Å². The number of fused-ring (bicyclic) bond motifs is 1. The zero-order chi connectivity index (χ0) is 19.9. The van der Waals surface area contributed by atoms with Gasteiger partial charge in [-0.1, -0.05) is 45.6 Å². The Morgan fingerprint density at radius 3 is 2.71 bits per heavy atom. The van der Waals surface area contributed by atoms with Crippen molar-refractivity contribution in [2.75, 3.05) is 26.7 Å². The highest BCUT2D eigenvalue weighted by molar-refractivity contribution is 5.97.